The van der Waals surface area contributed by atoms with E-state index in [1.807, 2.05) is 11.3 Å². The van der Waals surface area contributed by atoms with E-state index < -0.39 is 14.5 Å². The molecule has 0 radical (unpaired) electrons. The van der Waals surface area contributed by atoms with Gasteiger partial charge in [-0.05, 0) is 84.9 Å². The summed E-state index contributed by atoms with van der Waals surface area (Å²) < 4.78 is 0. The molecule has 0 bridgehead atoms. The summed E-state index contributed by atoms with van der Waals surface area (Å²) in [4.78, 5) is 2.89. The average molecular weight is 635 g/mol. The van der Waals surface area contributed by atoms with Crippen molar-refractivity contribution >= 4 is 57.7 Å². The van der Waals surface area contributed by atoms with Crippen LogP contribution in [0.5, 0.6) is 0 Å². The summed E-state index contributed by atoms with van der Waals surface area (Å²) in [5.41, 5.74) is 0. The van der Waals surface area contributed by atoms with Crippen LogP contribution >= 0.6 is 25.9 Å². The Morgan fingerprint density at radius 2 is 0.467 bits per heavy atom. The number of hydrogen-bond acceptors (Lipinski definition) is 1. The van der Waals surface area contributed by atoms with E-state index in [4.69, 9.17) is 0 Å². The molecule has 0 saturated heterocycles. The summed E-state index contributed by atoms with van der Waals surface area (Å²) in [5.74, 6) is 0. The first-order valence-electron chi connectivity index (χ1n) is 15.5. The van der Waals surface area contributed by atoms with Gasteiger partial charge < -0.3 is 0 Å². The third kappa shape index (κ3) is 5.85. The largest absolute Gasteiger partial charge is 0.138 e. The van der Waals surface area contributed by atoms with Gasteiger partial charge in [0.2, 0.25) is 0 Å². The first-order chi connectivity index (χ1) is 22.3. The van der Waals surface area contributed by atoms with Gasteiger partial charge in [-0.25, -0.2) is 0 Å². The summed E-state index contributed by atoms with van der Waals surface area (Å²) in [6.45, 7) is 0. The lowest BCUT2D eigenvalue weighted by atomic mass is 10.3. The second-order valence-corrected chi connectivity index (χ2v) is 19.5. The van der Waals surface area contributed by atoms with Crippen LogP contribution in [-0.4, -0.2) is 0 Å². The molecular weight excluding hydrogens is 598 g/mol. The van der Waals surface area contributed by atoms with Crippen molar-refractivity contribution in [1.29, 1.82) is 0 Å². The highest BCUT2D eigenvalue weighted by Crippen LogP contribution is 2.61. The molecule has 0 saturated carbocycles. The van der Waals surface area contributed by atoms with Crippen molar-refractivity contribution in [3.63, 3.8) is 0 Å². The van der Waals surface area contributed by atoms with Crippen LogP contribution in [0.2, 0.25) is 0 Å². The molecule has 0 atom stereocenters. The zero-order valence-corrected chi connectivity index (χ0v) is 27.8. The van der Waals surface area contributed by atoms with Crippen molar-refractivity contribution in [2.45, 2.75) is 12.3 Å². The first-order valence-corrected chi connectivity index (χ1v) is 20.2. The Balaban J connectivity index is 1.37. The maximum Gasteiger partial charge on any atom is 0.117 e. The standard InChI is InChI=1S/C42H36P2S/c1-7-19-35(20-8-1)43(36-21-9-2-10-22-36,37-23-11-3-12-24-37)33-41-31-32-42(45-41)34-44(38-25-13-4-14-26-38,39-27-15-5-16-28-39)40-29-17-6-18-30-40/h1-32H,33-34H2/q+2. The second kappa shape index (κ2) is 13.5. The number of benzene rings is 6. The van der Waals surface area contributed by atoms with Gasteiger partial charge in [-0.2, -0.15) is 0 Å². The third-order valence-electron chi connectivity index (χ3n) is 8.69. The van der Waals surface area contributed by atoms with Gasteiger partial charge in [-0.1, -0.05) is 109 Å². The minimum absolute atomic E-state index is 1.00. The highest BCUT2D eigenvalue weighted by atomic mass is 32.1. The van der Waals surface area contributed by atoms with Gasteiger partial charge in [0, 0.05) is 9.75 Å². The maximum absolute atomic E-state index is 2.42. The fourth-order valence-electron chi connectivity index (χ4n) is 6.60. The van der Waals surface area contributed by atoms with Crippen molar-refractivity contribution < 1.29 is 0 Å². The average Bonchev–Trinajstić information content (AvgIpc) is 3.58. The van der Waals surface area contributed by atoms with E-state index in [2.05, 4.69) is 194 Å². The van der Waals surface area contributed by atoms with Crippen molar-refractivity contribution in [3.05, 3.63) is 204 Å². The molecule has 0 spiro atoms. The minimum Gasteiger partial charge on any atom is -0.138 e. The van der Waals surface area contributed by atoms with Gasteiger partial charge in [0.15, 0.2) is 0 Å². The molecule has 218 valence electrons. The third-order valence-corrected chi connectivity index (χ3v) is 18.9. The Morgan fingerprint density at radius 1 is 0.267 bits per heavy atom. The molecule has 0 N–H and O–H groups in total. The van der Waals surface area contributed by atoms with Gasteiger partial charge >= 0.3 is 0 Å². The monoisotopic (exact) mass is 634 g/mol. The molecule has 3 heteroatoms. The zero-order chi connectivity index (χ0) is 30.4. The molecule has 0 aliphatic rings. The molecule has 1 aromatic heterocycles. The molecule has 0 fully saturated rings. The SMILES string of the molecule is c1ccc([P+](Cc2ccc(C[P+](c3ccccc3)(c3ccccc3)c3ccccc3)s2)(c2ccccc2)c2ccccc2)cc1. The molecular formula is C42H36P2S+2. The van der Waals surface area contributed by atoms with E-state index in [9.17, 15) is 0 Å². The number of hydrogen-bond donors (Lipinski definition) is 0. The normalized spacial score (nSPS) is 11.7. The molecule has 0 amide bonds. The van der Waals surface area contributed by atoms with E-state index in [1.54, 1.807) is 0 Å². The number of thiophene rings is 1. The van der Waals surface area contributed by atoms with Crippen LogP contribution in [0.15, 0.2) is 194 Å². The van der Waals surface area contributed by atoms with Crippen LogP contribution in [0, 0.1) is 0 Å². The lowest BCUT2D eigenvalue weighted by molar-refractivity contribution is 1.48. The highest BCUT2D eigenvalue weighted by Gasteiger charge is 2.48. The molecule has 7 rings (SSSR count). The van der Waals surface area contributed by atoms with Crippen LogP contribution in [0.1, 0.15) is 9.75 Å². The highest BCUT2D eigenvalue weighted by molar-refractivity contribution is 7.95. The van der Waals surface area contributed by atoms with Crippen LogP contribution < -0.4 is 31.8 Å². The van der Waals surface area contributed by atoms with E-state index in [0.717, 1.165) is 12.3 Å². The van der Waals surface area contributed by atoms with Gasteiger partial charge in [0.1, 0.15) is 58.7 Å². The molecule has 7 aromatic rings. The summed E-state index contributed by atoms with van der Waals surface area (Å²) in [6.07, 6.45) is 2.01. The van der Waals surface area contributed by atoms with E-state index >= 15 is 0 Å². The predicted octanol–water partition coefficient (Wildman–Crippen LogP) is 8.74. The first kappa shape index (κ1) is 29.6. The summed E-state index contributed by atoms with van der Waals surface area (Å²) in [7, 11) is -3.94. The molecule has 6 aromatic carbocycles. The van der Waals surface area contributed by atoms with E-state index in [-0.39, 0.29) is 0 Å². The van der Waals surface area contributed by atoms with E-state index in [0.29, 0.717) is 0 Å². The van der Waals surface area contributed by atoms with Crippen LogP contribution in [0.4, 0.5) is 0 Å². The van der Waals surface area contributed by atoms with Crippen molar-refractivity contribution in [2.75, 3.05) is 0 Å². The Bertz CT molecular complexity index is 1590. The van der Waals surface area contributed by atoms with Gasteiger partial charge in [-0.3, -0.25) is 0 Å². The number of rotatable bonds is 10. The molecule has 0 nitrogen and oxygen atoms in total. The predicted molar refractivity (Wildman–Crippen MR) is 202 cm³/mol. The van der Waals surface area contributed by atoms with Gasteiger partial charge in [-0.15, -0.1) is 11.3 Å². The van der Waals surface area contributed by atoms with Gasteiger partial charge in [0.05, 0.1) is 0 Å². The molecule has 45 heavy (non-hydrogen) atoms. The minimum atomic E-state index is -1.97. The Morgan fingerprint density at radius 3 is 0.667 bits per heavy atom. The van der Waals surface area contributed by atoms with Gasteiger partial charge in [0.25, 0.3) is 0 Å². The van der Waals surface area contributed by atoms with Crippen LogP contribution in [-0.2, 0) is 12.3 Å². The van der Waals surface area contributed by atoms with Crippen LogP contribution in [0.3, 0.4) is 0 Å². The molecule has 1 heterocycles. The maximum atomic E-state index is 2.42. The summed E-state index contributed by atoms with van der Waals surface area (Å²) in [6, 6.07) is 72.2. The topological polar surface area (TPSA) is 0 Å². The Labute approximate surface area is 272 Å². The molecule has 0 aliphatic carbocycles. The van der Waals surface area contributed by atoms with E-state index in [1.165, 1.54) is 41.6 Å². The lowest BCUT2D eigenvalue weighted by Crippen LogP contribution is -2.32. The lowest BCUT2D eigenvalue weighted by Gasteiger charge is -2.28. The zero-order valence-electron chi connectivity index (χ0n) is 25.2. The van der Waals surface area contributed by atoms with Crippen molar-refractivity contribution in [3.8, 4) is 0 Å². The molecule has 0 aliphatic heterocycles. The van der Waals surface area contributed by atoms with Crippen molar-refractivity contribution in [1.82, 2.24) is 0 Å². The van der Waals surface area contributed by atoms with Crippen molar-refractivity contribution in [2.24, 2.45) is 0 Å². The Hall–Kier alpha value is -4.12. The smallest absolute Gasteiger partial charge is 0.117 e. The quantitative estimate of drug-likeness (QED) is 0.132. The fourth-order valence-corrected chi connectivity index (χ4v) is 17.0. The fraction of sp³-hybridized carbons (Fsp3) is 0.0476. The summed E-state index contributed by atoms with van der Waals surface area (Å²) in [5, 5.41) is 8.57. The molecule has 0 unspecified atom stereocenters. The van der Waals surface area contributed by atoms with Crippen LogP contribution in [0.25, 0.3) is 0 Å². The summed E-state index contributed by atoms with van der Waals surface area (Å²) >= 11 is 2.01. The Kier molecular flexibility index (Phi) is 8.86. The second-order valence-electron chi connectivity index (χ2n) is 11.3.